The smallest absolute Gasteiger partial charge is 0.240 e. The maximum absolute atomic E-state index is 12.4. The van der Waals surface area contributed by atoms with Crippen LogP contribution in [-0.4, -0.2) is 33.6 Å². The van der Waals surface area contributed by atoms with Crippen molar-refractivity contribution in [2.24, 2.45) is 0 Å². The monoisotopic (exact) mass is 410 g/mol. The van der Waals surface area contributed by atoms with Crippen LogP contribution in [0.1, 0.15) is 16.7 Å². The van der Waals surface area contributed by atoms with Crippen molar-refractivity contribution in [1.29, 1.82) is 5.26 Å². The quantitative estimate of drug-likeness (QED) is 0.580. The van der Waals surface area contributed by atoms with Crippen LogP contribution in [0.3, 0.4) is 0 Å². The van der Waals surface area contributed by atoms with E-state index in [2.05, 4.69) is 21.1 Å². The van der Waals surface area contributed by atoms with Crippen LogP contribution >= 0.6 is 0 Å². The van der Waals surface area contributed by atoms with Gasteiger partial charge in [0.2, 0.25) is 10.0 Å². The Kier molecular flexibility index (Phi) is 6.01. The van der Waals surface area contributed by atoms with E-state index >= 15 is 0 Å². The van der Waals surface area contributed by atoms with Crippen LogP contribution in [0.4, 0.5) is 5.82 Å². The summed E-state index contributed by atoms with van der Waals surface area (Å²) in [5.41, 5.74) is 3.46. The second kappa shape index (κ2) is 8.47. The van der Waals surface area contributed by atoms with Crippen molar-refractivity contribution in [3.8, 4) is 11.8 Å². The number of sulfonamides is 1. The first-order chi connectivity index (χ1) is 13.8. The number of pyridine rings is 1. The summed E-state index contributed by atoms with van der Waals surface area (Å²) in [5, 5.41) is 13.4. The van der Waals surface area contributed by atoms with Crippen molar-refractivity contribution in [2.75, 3.05) is 25.5 Å². The predicted octanol–water partition coefficient (Wildman–Crippen LogP) is 3.12. The Balaban J connectivity index is 1.68. The molecular weight excluding hydrogens is 388 g/mol. The lowest BCUT2D eigenvalue weighted by molar-refractivity contribution is 0.414. The van der Waals surface area contributed by atoms with Crippen LogP contribution in [0.15, 0.2) is 47.4 Å². The van der Waals surface area contributed by atoms with E-state index in [0.717, 1.165) is 22.0 Å². The van der Waals surface area contributed by atoms with Gasteiger partial charge in [-0.3, -0.25) is 0 Å². The Hall–Kier alpha value is -3.15. The molecular formula is C21H22N4O3S. The number of nitrogens with zero attached hydrogens (tertiary/aromatic N) is 2. The van der Waals surface area contributed by atoms with Gasteiger partial charge in [-0.1, -0.05) is 0 Å². The van der Waals surface area contributed by atoms with E-state index in [-0.39, 0.29) is 18.0 Å². The number of benzene rings is 2. The number of nitriles is 1. The minimum absolute atomic E-state index is 0.145. The molecule has 0 saturated carbocycles. The highest BCUT2D eigenvalue weighted by Gasteiger charge is 2.14. The fourth-order valence-electron chi connectivity index (χ4n) is 2.86. The number of ether oxygens (including phenoxy) is 1. The minimum atomic E-state index is -3.63. The molecule has 1 heterocycles. The summed E-state index contributed by atoms with van der Waals surface area (Å²) in [7, 11) is -2.11. The van der Waals surface area contributed by atoms with E-state index in [9.17, 15) is 13.7 Å². The van der Waals surface area contributed by atoms with Gasteiger partial charge in [0, 0.05) is 18.5 Å². The number of anilines is 1. The molecule has 3 aromatic rings. The van der Waals surface area contributed by atoms with E-state index < -0.39 is 10.0 Å². The second-order valence-electron chi connectivity index (χ2n) is 6.63. The molecule has 1 aromatic heterocycles. The summed E-state index contributed by atoms with van der Waals surface area (Å²) in [5.74, 6) is 1.02. The molecule has 150 valence electrons. The van der Waals surface area contributed by atoms with E-state index in [1.807, 2.05) is 26.0 Å². The normalized spacial score (nSPS) is 11.2. The fourth-order valence-corrected chi connectivity index (χ4v) is 3.90. The number of hydrogen-bond acceptors (Lipinski definition) is 6. The van der Waals surface area contributed by atoms with Gasteiger partial charge in [-0.25, -0.2) is 18.1 Å². The van der Waals surface area contributed by atoms with E-state index in [1.54, 1.807) is 18.2 Å². The Labute approximate surface area is 170 Å². The molecule has 0 radical (unpaired) electrons. The molecule has 0 aliphatic carbocycles. The van der Waals surface area contributed by atoms with Gasteiger partial charge >= 0.3 is 0 Å². The fraction of sp³-hybridized carbons (Fsp3) is 0.238. The Morgan fingerprint density at radius 3 is 2.41 bits per heavy atom. The van der Waals surface area contributed by atoms with Gasteiger partial charge in [-0.15, -0.1) is 0 Å². The van der Waals surface area contributed by atoms with Gasteiger partial charge < -0.3 is 10.1 Å². The molecule has 8 heteroatoms. The summed E-state index contributed by atoms with van der Waals surface area (Å²) < 4.78 is 32.3. The number of nitrogens with one attached hydrogen (secondary N) is 2. The third kappa shape index (κ3) is 4.65. The van der Waals surface area contributed by atoms with Gasteiger partial charge in [-0.05, 0) is 67.4 Å². The van der Waals surface area contributed by atoms with E-state index in [1.165, 1.54) is 19.2 Å². The van der Waals surface area contributed by atoms with Crippen molar-refractivity contribution < 1.29 is 13.2 Å². The number of methoxy groups -OCH3 is 1. The Morgan fingerprint density at radius 1 is 1.07 bits per heavy atom. The summed E-state index contributed by atoms with van der Waals surface area (Å²) in [6.45, 7) is 4.46. The molecule has 29 heavy (non-hydrogen) atoms. The predicted molar refractivity (Wildman–Crippen MR) is 113 cm³/mol. The maximum Gasteiger partial charge on any atom is 0.240 e. The van der Waals surface area contributed by atoms with Crippen LogP contribution < -0.4 is 14.8 Å². The summed E-state index contributed by atoms with van der Waals surface area (Å²) >= 11 is 0. The molecule has 0 saturated heterocycles. The van der Waals surface area contributed by atoms with Crippen molar-refractivity contribution in [3.05, 3.63) is 59.2 Å². The van der Waals surface area contributed by atoms with Crippen LogP contribution in [0.2, 0.25) is 0 Å². The highest BCUT2D eigenvalue weighted by molar-refractivity contribution is 7.89. The SMILES string of the molecule is COc1ccc(S(=O)(=O)NCCNc2nc3cc(C)c(C)cc3cc2C#N)cc1. The number of aromatic nitrogens is 1. The highest BCUT2D eigenvalue weighted by Crippen LogP contribution is 2.23. The van der Waals surface area contributed by atoms with Crippen LogP contribution in [0.5, 0.6) is 5.75 Å². The molecule has 0 bridgehead atoms. The van der Waals surface area contributed by atoms with Gasteiger partial charge in [0.15, 0.2) is 0 Å². The highest BCUT2D eigenvalue weighted by atomic mass is 32.2. The molecule has 0 atom stereocenters. The summed E-state index contributed by atoms with van der Waals surface area (Å²) in [6.07, 6.45) is 0. The molecule has 2 aromatic carbocycles. The van der Waals surface area contributed by atoms with E-state index in [4.69, 9.17) is 4.74 Å². The van der Waals surface area contributed by atoms with Crippen molar-refractivity contribution in [2.45, 2.75) is 18.7 Å². The number of rotatable bonds is 7. The lowest BCUT2D eigenvalue weighted by Crippen LogP contribution is -2.29. The maximum atomic E-state index is 12.4. The zero-order chi connectivity index (χ0) is 21.0. The number of aryl methyl sites for hydroxylation is 2. The van der Waals surface area contributed by atoms with Crippen LogP contribution in [-0.2, 0) is 10.0 Å². The minimum Gasteiger partial charge on any atom is -0.497 e. The lowest BCUT2D eigenvalue weighted by Gasteiger charge is -2.11. The third-order valence-electron chi connectivity index (χ3n) is 4.63. The molecule has 0 spiro atoms. The number of hydrogen-bond donors (Lipinski definition) is 2. The van der Waals surface area contributed by atoms with Gasteiger partial charge in [0.25, 0.3) is 0 Å². The van der Waals surface area contributed by atoms with Gasteiger partial charge in [0.1, 0.15) is 17.6 Å². The van der Waals surface area contributed by atoms with Crippen LogP contribution in [0, 0.1) is 25.2 Å². The lowest BCUT2D eigenvalue weighted by atomic mass is 10.0. The van der Waals surface area contributed by atoms with Crippen molar-refractivity contribution >= 4 is 26.7 Å². The topological polar surface area (TPSA) is 104 Å². The largest absolute Gasteiger partial charge is 0.497 e. The molecule has 0 amide bonds. The van der Waals surface area contributed by atoms with Gasteiger partial charge in [0.05, 0.1) is 23.1 Å². The second-order valence-corrected chi connectivity index (χ2v) is 8.39. The van der Waals surface area contributed by atoms with Gasteiger partial charge in [-0.2, -0.15) is 5.26 Å². The summed E-state index contributed by atoms with van der Waals surface area (Å²) in [6, 6.07) is 14.1. The third-order valence-corrected chi connectivity index (χ3v) is 6.11. The molecule has 0 aliphatic rings. The summed E-state index contributed by atoms with van der Waals surface area (Å²) in [4.78, 5) is 4.69. The van der Waals surface area contributed by atoms with Crippen molar-refractivity contribution in [1.82, 2.24) is 9.71 Å². The first-order valence-electron chi connectivity index (χ1n) is 9.04. The van der Waals surface area contributed by atoms with E-state index in [0.29, 0.717) is 17.1 Å². The average molecular weight is 410 g/mol. The standard InChI is InChI=1S/C21H22N4O3S/c1-14-10-16-12-17(13-22)21(25-20(16)11-15(14)2)23-8-9-24-29(26,27)19-6-4-18(28-3)5-7-19/h4-7,10-12,24H,8-9H2,1-3H3,(H,23,25). The molecule has 0 unspecified atom stereocenters. The molecule has 7 nitrogen and oxygen atoms in total. The first-order valence-corrected chi connectivity index (χ1v) is 10.5. The number of fused-ring (bicyclic) bond motifs is 1. The first kappa shape index (κ1) is 20.6. The Morgan fingerprint density at radius 2 is 1.76 bits per heavy atom. The van der Waals surface area contributed by atoms with Crippen LogP contribution in [0.25, 0.3) is 10.9 Å². The molecule has 2 N–H and O–H groups in total. The zero-order valence-corrected chi connectivity index (χ0v) is 17.3. The zero-order valence-electron chi connectivity index (χ0n) is 16.5. The Bertz CT molecular complexity index is 1180. The average Bonchev–Trinajstić information content (AvgIpc) is 2.71. The van der Waals surface area contributed by atoms with Crippen molar-refractivity contribution in [3.63, 3.8) is 0 Å². The molecule has 3 rings (SSSR count). The molecule has 0 aliphatic heterocycles. The molecule has 0 fully saturated rings.